The lowest BCUT2D eigenvalue weighted by molar-refractivity contribution is 0.0600. The van der Waals surface area contributed by atoms with Crippen LogP contribution >= 0.6 is 0 Å². The van der Waals surface area contributed by atoms with Gasteiger partial charge in [-0.15, -0.1) is 10.2 Å². The number of methoxy groups -OCH3 is 1. The van der Waals surface area contributed by atoms with Gasteiger partial charge >= 0.3 is 5.97 Å². The monoisotopic (exact) mass is 388 g/mol. The van der Waals surface area contributed by atoms with Crippen molar-refractivity contribution < 1.29 is 14.3 Å². The van der Waals surface area contributed by atoms with Crippen LogP contribution in [0.25, 0.3) is 0 Å². The predicted molar refractivity (Wildman–Crippen MR) is 110 cm³/mol. The fourth-order valence-electron chi connectivity index (χ4n) is 3.53. The van der Waals surface area contributed by atoms with Crippen molar-refractivity contribution in [3.8, 4) is 0 Å². The minimum Gasteiger partial charge on any atom is -0.465 e. The first kappa shape index (κ1) is 18.6. The molecule has 0 saturated heterocycles. The van der Waals surface area contributed by atoms with E-state index in [1.54, 1.807) is 36.4 Å². The van der Waals surface area contributed by atoms with Gasteiger partial charge < -0.3 is 15.0 Å². The largest absolute Gasteiger partial charge is 0.465 e. The Bertz CT molecular complexity index is 1070. The van der Waals surface area contributed by atoms with E-state index in [2.05, 4.69) is 39.5 Å². The fraction of sp³-hybridized carbons (Fsp3) is 0.182. The highest BCUT2D eigenvalue weighted by molar-refractivity contribution is 6.03. The maximum absolute atomic E-state index is 12.5. The van der Waals surface area contributed by atoms with Crippen molar-refractivity contribution in [3.63, 3.8) is 0 Å². The van der Waals surface area contributed by atoms with Crippen molar-refractivity contribution in [1.29, 1.82) is 0 Å². The normalized spacial score (nSPS) is 15.0. The Balaban J connectivity index is 1.51. The zero-order chi connectivity index (χ0) is 20.4. The number of aromatic nitrogens is 2. The molecule has 146 valence electrons. The van der Waals surface area contributed by atoms with Gasteiger partial charge in [0.25, 0.3) is 5.91 Å². The molecule has 1 amide bonds. The Morgan fingerprint density at radius 3 is 2.66 bits per heavy atom. The fourth-order valence-corrected chi connectivity index (χ4v) is 3.53. The summed E-state index contributed by atoms with van der Waals surface area (Å²) in [7, 11) is 1.31. The lowest BCUT2D eigenvalue weighted by Gasteiger charge is -2.23. The molecule has 1 aromatic heterocycles. The van der Waals surface area contributed by atoms with E-state index in [1.165, 1.54) is 12.7 Å². The molecule has 4 rings (SSSR count). The average Bonchev–Trinajstić information content (AvgIpc) is 3.09. The number of fused-ring (bicyclic) bond motifs is 1. The van der Waals surface area contributed by atoms with E-state index < -0.39 is 11.9 Å². The molecule has 7 heteroatoms. The number of hydrogen-bond donors (Lipinski definition) is 1. The zero-order valence-corrected chi connectivity index (χ0v) is 16.1. The van der Waals surface area contributed by atoms with Gasteiger partial charge in [0.15, 0.2) is 11.5 Å². The molecule has 1 aliphatic heterocycles. The van der Waals surface area contributed by atoms with Crippen LogP contribution in [0.2, 0.25) is 0 Å². The summed E-state index contributed by atoms with van der Waals surface area (Å²) in [5, 5.41) is 11.1. The molecule has 0 radical (unpaired) electrons. The van der Waals surface area contributed by atoms with Gasteiger partial charge in [-0.1, -0.05) is 24.3 Å². The topological polar surface area (TPSA) is 84.4 Å². The lowest BCUT2D eigenvalue weighted by atomic mass is 10.1. The first-order valence-corrected chi connectivity index (χ1v) is 9.27. The number of benzene rings is 2. The number of carbonyl (C=O) groups is 2. The molecule has 0 bridgehead atoms. The first-order chi connectivity index (χ1) is 14.1. The van der Waals surface area contributed by atoms with Crippen molar-refractivity contribution in [2.75, 3.05) is 17.3 Å². The number of ether oxygens (including phenoxy) is 1. The van der Waals surface area contributed by atoms with E-state index in [1.807, 2.05) is 12.1 Å². The number of rotatable bonds is 4. The molecule has 2 heterocycles. The van der Waals surface area contributed by atoms with Gasteiger partial charge in [0.2, 0.25) is 0 Å². The van der Waals surface area contributed by atoms with Gasteiger partial charge in [-0.2, -0.15) is 0 Å². The van der Waals surface area contributed by atoms with E-state index in [0.717, 1.165) is 12.1 Å². The molecule has 0 fully saturated rings. The number of para-hydroxylation sites is 1. The van der Waals surface area contributed by atoms with Crippen LogP contribution in [0, 0.1) is 0 Å². The number of carbonyl (C=O) groups excluding carboxylic acids is 2. The van der Waals surface area contributed by atoms with Gasteiger partial charge in [0.05, 0.1) is 12.7 Å². The van der Waals surface area contributed by atoms with Crippen LogP contribution in [0.3, 0.4) is 0 Å². The third kappa shape index (κ3) is 3.67. The highest BCUT2D eigenvalue weighted by Gasteiger charge is 2.28. The lowest BCUT2D eigenvalue weighted by Crippen LogP contribution is -2.25. The molecule has 0 saturated carbocycles. The van der Waals surface area contributed by atoms with Gasteiger partial charge in [-0.25, -0.2) is 4.79 Å². The third-order valence-electron chi connectivity index (χ3n) is 4.88. The first-order valence-electron chi connectivity index (χ1n) is 9.27. The number of nitrogens with zero attached hydrogens (tertiary/aromatic N) is 3. The van der Waals surface area contributed by atoms with Gasteiger partial charge in [-0.05, 0) is 55.3 Å². The van der Waals surface area contributed by atoms with E-state index >= 15 is 0 Å². The second-order valence-electron chi connectivity index (χ2n) is 6.86. The van der Waals surface area contributed by atoms with Gasteiger partial charge in [-0.3, -0.25) is 4.79 Å². The maximum atomic E-state index is 12.5. The van der Waals surface area contributed by atoms with Crippen LogP contribution in [0.4, 0.5) is 17.2 Å². The van der Waals surface area contributed by atoms with Gasteiger partial charge in [0, 0.05) is 17.4 Å². The summed E-state index contributed by atoms with van der Waals surface area (Å²) in [6.45, 7) is 2.14. The summed E-state index contributed by atoms with van der Waals surface area (Å²) in [5.41, 5.74) is 3.41. The highest BCUT2D eigenvalue weighted by atomic mass is 16.5. The number of hydrogen-bond acceptors (Lipinski definition) is 6. The Morgan fingerprint density at radius 1 is 1.07 bits per heavy atom. The highest BCUT2D eigenvalue weighted by Crippen LogP contribution is 2.36. The summed E-state index contributed by atoms with van der Waals surface area (Å²) in [4.78, 5) is 26.3. The molecule has 0 spiro atoms. The molecule has 1 unspecified atom stereocenters. The Labute approximate surface area is 168 Å². The second-order valence-corrected chi connectivity index (χ2v) is 6.86. The average molecular weight is 388 g/mol. The molecule has 1 aliphatic rings. The van der Waals surface area contributed by atoms with Crippen molar-refractivity contribution in [3.05, 3.63) is 77.5 Å². The van der Waals surface area contributed by atoms with E-state index in [4.69, 9.17) is 4.74 Å². The minimum atomic E-state index is -0.467. The smallest absolute Gasteiger partial charge is 0.337 e. The van der Waals surface area contributed by atoms with Gasteiger partial charge in [0.1, 0.15) is 0 Å². The van der Waals surface area contributed by atoms with E-state index in [0.29, 0.717) is 17.1 Å². The summed E-state index contributed by atoms with van der Waals surface area (Å²) in [6, 6.07) is 18.4. The summed E-state index contributed by atoms with van der Waals surface area (Å²) < 4.78 is 4.70. The number of nitrogens with one attached hydrogen (secondary N) is 1. The quantitative estimate of drug-likeness (QED) is 0.688. The molecule has 29 heavy (non-hydrogen) atoms. The van der Waals surface area contributed by atoms with Crippen LogP contribution in [0.15, 0.2) is 60.7 Å². The standard InChI is InChI=1S/C22H20N4O3/c1-14-12-15-6-3-4-9-19(15)26(14)20-11-10-18(24-25-20)21(27)23-17-8-5-7-16(13-17)22(28)29-2/h3-11,13-14H,12H2,1-2H3,(H,23,27). The number of amides is 1. The van der Waals surface area contributed by atoms with E-state index in [9.17, 15) is 9.59 Å². The molecule has 1 N–H and O–H groups in total. The van der Waals surface area contributed by atoms with Crippen LogP contribution < -0.4 is 10.2 Å². The van der Waals surface area contributed by atoms with Crippen molar-refractivity contribution >= 4 is 29.1 Å². The molecule has 0 aliphatic carbocycles. The summed E-state index contributed by atoms with van der Waals surface area (Å²) in [6.07, 6.45) is 0.941. The van der Waals surface area contributed by atoms with Crippen LogP contribution in [0.5, 0.6) is 0 Å². The number of anilines is 3. The molecular weight excluding hydrogens is 368 g/mol. The minimum absolute atomic E-state index is 0.192. The molecular formula is C22H20N4O3. The third-order valence-corrected chi connectivity index (χ3v) is 4.88. The summed E-state index contributed by atoms with van der Waals surface area (Å²) >= 11 is 0. The van der Waals surface area contributed by atoms with Crippen molar-refractivity contribution in [2.45, 2.75) is 19.4 Å². The number of esters is 1. The van der Waals surface area contributed by atoms with E-state index in [-0.39, 0.29) is 11.7 Å². The maximum Gasteiger partial charge on any atom is 0.337 e. The van der Waals surface area contributed by atoms with Crippen LogP contribution in [0.1, 0.15) is 33.3 Å². The predicted octanol–water partition coefficient (Wildman–Crippen LogP) is 3.60. The Hall–Kier alpha value is -3.74. The molecule has 2 aromatic carbocycles. The van der Waals surface area contributed by atoms with Crippen molar-refractivity contribution in [2.24, 2.45) is 0 Å². The Kier molecular flexibility index (Phi) is 4.95. The molecule has 3 aromatic rings. The molecule has 7 nitrogen and oxygen atoms in total. The SMILES string of the molecule is COC(=O)c1cccc(NC(=O)c2ccc(N3c4ccccc4CC3C)nn2)c1. The molecule has 1 atom stereocenters. The second kappa shape index (κ2) is 7.71. The summed E-state index contributed by atoms with van der Waals surface area (Å²) in [5.74, 6) is -0.169. The van der Waals surface area contributed by atoms with Crippen LogP contribution in [-0.2, 0) is 11.2 Å². The van der Waals surface area contributed by atoms with Crippen LogP contribution in [-0.4, -0.2) is 35.2 Å². The zero-order valence-electron chi connectivity index (χ0n) is 16.1. The Morgan fingerprint density at radius 2 is 1.90 bits per heavy atom. The van der Waals surface area contributed by atoms with Crippen molar-refractivity contribution in [1.82, 2.24) is 10.2 Å².